The van der Waals surface area contributed by atoms with E-state index < -0.39 is 4.92 Å². The van der Waals surface area contributed by atoms with Crippen LogP contribution in [0.3, 0.4) is 0 Å². The van der Waals surface area contributed by atoms with Crippen molar-refractivity contribution in [2.45, 2.75) is 31.8 Å². The molecule has 3 rings (SSSR count). The first-order valence-electron chi connectivity index (χ1n) is 6.85. The minimum absolute atomic E-state index is 0.00479. The number of pyridine rings is 1. The lowest BCUT2D eigenvalue weighted by Crippen LogP contribution is -2.25. The highest BCUT2D eigenvalue weighted by Gasteiger charge is 2.23. The van der Waals surface area contributed by atoms with E-state index in [1.54, 1.807) is 24.4 Å². The quantitative estimate of drug-likeness (QED) is 0.639. The second-order valence-electron chi connectivity index (χ2n) is 5.11. The summed E-state index contributed by atoms with van der Waals surface area (Å²) in [5.74, 6) is 0.696. The molecule has 1 aromatic heterocycles. The number of nitro benzene ring substituents is 1. The molecule has 6 nitrogen and oxygen atoms in total. The summed E-state index contributed by atoms with van der Waals surface area (Å²) in [6, 6.07) is 6.29. The molecule has 0 saturated heterocycles. The van der Waals surface area contributed by atoms with Crippen LogP contribution in [-0.4, -0.2) is 21.8 Å². The van der Waals surface area contributed by atoms with Gasteiger partial charge in [0.2, 0.25) is 0 Å². The van der Waals surface area contributed by atoms with Crippen LogP contribution in [0.25, 0.3) is 10.9 Å². The fourth-order valence-corrected chi connectivity index (χ4v) is 2.65. The van der Waals surface area contributed by atoms with Crippen LogP contribution < -0.4 is 4.74 Å². The number of fused-ring (bicyclic) bond motifs is 1. The van der Waals surface area contributed by atoms with Gasteiger partial charge in [-0.1, -0.05) is 0 Å². The van der Waals surface area contributed by atoms with Crippen molar-refractivity contribution < 1.29 is 14.5 Å². The normalized spacial score (nSPS) is 18.7. The maximum absolute atomic E-state index is 11.5. The highest BCUT2D eigenvalue weighted by atomic mass is 16.6. The SMILES string of the molecule is O=C1CCCC(Oc2ccc([N+](=O)[O-])c3cccnc23)C1. The molecule has 0 amide bonds. The van der Waals surface area contributed by atoms with Crippen molar-refractivity contribution in [1.29, 1.82) is 0 Å². The Balaban J connectivity index is 1.98. The molecule has 1 saturated carbocycles. The number of ketones is 1. The Morgan fingerprint density at radius 2 is 2.19 bits per heavy atom. The minimum Gasteiger partial charge on any atom is -0.488 e. The zero-order valence-corrected chi connectivity index (χ0v) is 11.3. The van der Waals surface area contributed by atoms with Gasteiger partial charge in [-0.15, -0.1) is 0 Å². The molecule has 0 radical (unpaired) electrons. The molecule has 0 aliphatic heterocycles. The smallest absolute Gasteiger partial charge is 0.279 e. The largest absolute Gasteiger partial charge is 0.488 e. The average Bonchev–Trinajstić information content (AvgIpc) is 2.47. The van der Waals surface area contributed by atoms with Crippen molar-refractivity contribution in [3.05, 3.63) is 40.6 Å². The van der Waals surface area contributed by atoms with E-state index in [0.29, 0.717) is 29.5 Å². The zero-order valence-electron chi connectivity index (χ0n) is 11.3. The van der Waals surface area contributed by atoms with Crippen LogP contribution in [0.1, 0.15) is 25.7 Å². The van der Waals surface area contributed by atoms with Crippen LogP contribution in [0.15, 0.2) is 30.5 Å². The maximum atomic E-state index is 11.5. The van der Waals surface area contributed by atoms with Gasteiger partial charge in [0.25, 0.3) is 5.69 Å². The summed E-state index contributed by atoms with van der Waals surface area (Å²) < 4.78 is 5.87. The number of hydrogen-bond acceptors (Lipinski definition) is 5. The van der Waals surface area contributed by atoms with Gasteiger partial charge in [0.1, 0.15) is 23.2 Å². The molecule has 1 aliphatic rings. The second-order valence-corrected chi connectivity index (χ2v) is 5.11. The van der Waals surface area contributed by atoms with Crippen LogP contribution in [0.2, 0.25) is 0 Å². The Bertz CT molecular complexity index is 714. The molecule has 0 N–H and O–H groups in total. The summed E-state index contributed by atoms with van der Waals surface area (Å²) in [6.45, 7) is 0. The molecule has 21 heavy (non-hydrogen) atoms. The number of Topliss-reactive ketones (excluding diaryl/α,β-unsaturated/α-hetero) is 1. The Morgan fingerprint density at radius 3 is 2.95 bits per heavy atom. The summed E-state index contributed by atoms with van der Waals surface area (Å²) in [5, 5.41) is 11.5. The highest BCUT2D eigenvalue weighted by Crippen LogP contribution is 2.33. The number of ether oxygens (including phenoxy) is 1. The van der Waals surface area contributed by atoms with E-state index >= 15 is 0 Å². The average molecular weight is 286 g/mol. The Labute approximate surface area is 120 Å². The van der Waals surface area contributed by atoms with Crippen LogP contribution in [0.5, 0.6) is 5.75 Å². The summed E-state index contributed by atoms with van der Waals surface area (Å²) in [4.78, 5) is 26.3. The van der Waals surface area contributed by atoms with Gasteiger partial charge in [0, 0.05) is 25.1 Å². The third-order valence-corrected chi connectivity index (χ3v) is 3.64. The lowest BCUT2D eigenvalue weighted by molar-refractivity contribution is -0.383. The van der Waals surface area contributed by atoms with Crippen molar-refractivity contribution in [1.82, 2.24) is 4.98 Å². The second kappa shape index (κ2) is 5.47. The van der Waals surface area contributed by atoms with Gasteiger partial charge >= 0.3 is 0 Å². The molecule has 6 heteroatoms. The van der Waals surface area contributed by atoms with Gasteiger partial charge in [-0.25, -0.2) is 0 Å². The van der Waals surface area contributed by atoms with Gasteiger partial charge in [-0.05, 0) is 31.0 Å². The van der Waals surface area contributed by atoms with Crippen LogP contribution in [0, 0.1) is 10.1 Å². The van der Waals surface area contributed by atoms with E-state index in [2.05, 4.69) is 4.98 Å². The van der Waals surface area contributed by atoms with Gasteiger partial charge in [-0.3, -0.25) is 19.9 Å². The fraction of sp³-hybridized carbons (Fsp3) is 0.333. The lowest BCUT2D eigenvalue weighted by Gasteiger charge is -2.22. The Morgan fingerprint density at radius 1 is 1.33 bits per heavy atom. The lowest BCUT2D eigenvalue weighted by atomic mass is 9.96. The fourth-order valence-electron chi connectivity index (χ4n) is 2.65. The first-order valence-corrected chi connectivity index (χ1v) is 6.85. The molecule has 108 valence electrons. The number of hydrogen-bond donors (Lipinski definition) is 0. The van der Waals surface area contributed by atoms with Crippen LogP contribution in [-0.2, 0) is 4.79 Å². The van der Waals surface area contributed by atoms with Crippen molar-refractivity contribution in [3.8, 4) is 5.75 Å². The van der Waals surface area contributed by atoms with Gasteiger partial charge in [0.05, 0.1) is 10.3 Å². The van der Waals surface area contributed by atoms with E-state index in [9.17, 15) is 14.9 Å². The molecule has 1 heterocycles. The molecule has 1 atom stereocenters. The number of carbonyl (C=O) groups excluding carboxylic acids is 1. The zero-order chi connectivity index (χ0) is 14.8. The van der Waals surface area contributed by atoms with E-state index in [0.717, 1.165) is 12.8 Å². The van der Waals surface area contributed by atoms with Gasteiger partial charge < -0.3 is 4.74 Å². The maximum Gasteiger partial charge on any atom is 0.279 e. The van der Waals surface area contributed by atoms with Crippen LogP contribution in [0.4, 0.5) is 5.69 Å². The number of benzene rings is 1. The van der Waals surface area contributed by atoms with Crippen molar-refractivity contribution in [2.75, 3.05) is 0 Å². The minimum atomic E-state index is -0.433. The molecule has 1 fully saturated rings. The molecule has 0 spiro atoms. The topological polar surface area (TPSA) is 82.3 Å². The van der Waals surface area contributed by atoms with Crippen molar-refractivity contribution in [2.24, 2.45) is 0 Å². The van der Waals surface area contributed by atoms with Crippen LogP contribution >= 0.6 is 0 Å². The number of carbonyl (C=O) groups is 1. The standard InChI is InChI=1S/C15H14N2O4/c18-10-3-1-4-11(9-10)21-14-7-6-13(17(19)20)12-5-2-8-16-15(12)14/h2,5-8,11H,1,3-4,9H2. The van der Waals surface area contributed by atoms with E-state index in [1.807, 2.05) is 0 Å². The Hall–Kier alpha value is -2.50. The number of non-ortho nitro benzene ring substituents is 1. The molecule has 1 aliphatic carbocycles. The van der Waals surface area contributed by atoms with E-state index in [4.69, 9.17) is 4.74 Å². The molecular formula is C15H14N2O4. The van der Waals surface area contributed by atoms with E-state index in [1.165, 1.54) is 6.07 Å². The first kappa shape index (κ1) is 13.5. The number of rotatable bonds is 3. The van der Waals surface area contributed by atoms with Crippen molar-refractivity contribution in [3.63, 3.8) is 0 Å². The predicted molar refractivity (Wildman–Crippen MR) is 76.3 cm³/mol. The molecule has 1 aromatic carbocycles. The van der Waals surface area contributed by atoms with Crippen molar-refractivity contribution >= 4 is 22.4 Å². The predicted octanol–water partition coefficient (Wildman–Crippen LogP) is 3.03. The third-order valence-electron chi connectivity index (χ3n) is 3.64. The number of nitro groups is 1. The molecule has 0 bridgehead atoms. The van der Waals surface area contributed by atoms with Gasteiger partial charge in [-0.2, -0.15) is 0 Å². The van der Waals surface area contributed by atoms with E-state index in [-0.39, 0.29) is 17.6 Å². The summed E-state index contributed by atoms with van der Waals surface area (Å²) >= 11 is 0. The molecular weight excluding hydrogens is 272 g/mol. The number of aromatic nitrogens is 1. The summed E-state index contributed by atoms with van der Waals surface area (Å²) in [5.41, 5.74) is 0.467. The summed E-state index contributed by atoms with van der Waals surface area (Å²) in [7, 11) is 0. The Kier molecular flexibility index (Phi) is 3.51. The third kappa shape index (κ3) is 2.69. The molecule has 1 unspecified atom stereocenters. The number of nitrogens with zero attached hydrogens (tertiary/aromatic N) is 2. The summed E-state index contributed by atoms with van der Waals surface area (Å²) in [6.07, 6.45) is 4.05. The monoisotopic (exact) mass is 286 g/mol. The molecule has 2 aromatic rings. The first-order chi connectivity index (χ1) is 10.1. The highest BCUT2D eigenvalue weighted by molar-refractivity contribution is 5.92. The van der Waals surface area contributed by atoms with Gasteiger partial charge in [0.15, 0.2) is 0 Å².